The molecule has 7 heteroatoms. The van der Waals surface area contributed by atoms with Gasteiger partial charge in [-0.05, 0) is 49.4 Å². The molecular formula is C22H16Cl2N2O3. The van der Waals surface area contributed by atoms with Crippen LogP contribution in [0.15, 0.2) is 71.8 Å². The maximum Gasteiger partial charge on any atom is 0.343 e. The highest BCUT2D eigenvalue weighted by Crippen LogP contribution is 2.22. The van der Waals surface area contributed by atoms with Gasteiger partial charge in [-0.2, -0.15) is 5.10 Å². The third-order valence-electron chi connectivity index (χ3n) is 3.96. The third kappa shape index (κ3) is 5.44. The molecule has 3 aromatic carbocycles. The van der Waals surface area contributed by atoms with E-state index in [1.165, 1.54) is 24.4 Å². The number of nitrogens with zero attached hydrogens (tertiary/aromatic N) is 1. The first-order chi connectivity index (χ1) is 13.9. The van der Waals surface area contributed by atoms with Gasteiger partial charge in [0.15, 0.2) is 0 Å². The summed E-state index contributed by atoms with van der Waals surface area (Å²) in [6, 6.07) is 18.5. The topological polar surface area (TPSA) is 67.8 Å². The van der Waals surface area contributed by atoms with Crippen molar-refractivity contribution in [3.8, 4) is 5.75 Å². The average Bonchev–Trinajstić information content (AvgIpc) is 2.71. The van der Waals surface area contributed by atoms with Crippen LogP contribution in [-0.2, 0) is 0 Å². The van der Waals surface area contributed by atoms with Gasteiger partial charge in [0.25, 0.3) is 5.91 Å². The Morgan fingerprint density at radius 2 is 1.62 bits per heavy atom. The molecule has 0 aliphatic carbocycles. The van der Waals surface area contributed by atoms with Crippen LogP contribution in [0.5, 0.6) is 5.75 Å². The normalized spacial score (nSPS) is 10.7. The highest BCUT2D eigenvalue weighted by molar-refractivity contribution is 6.42. The lowest BCUT2D eigenvalue weighted by atomic mass is 10.1. The van der Waals surface area contributed by atoms with Crippen molar-refractivity contribution in [3.63, 3.8) is 0 Å². The SMILES string of the molecule is Cc1ccc(C(=O)Oc2ccccc2/C=N\NC(=O)c2ccc(Cl)c(Cl)c2)cc1. The van der Waals surface area contributed by atoms with Gasteiger partial charge in [0.1, 0.15) is 5.75 Å². The Morgan fingerprint density at radius 3 is 2.34 bits per heavy atom. The van der Waals surface area contributed by atoms with Crippen LogP contribution in [-0.4, -0.2) is 18.1 Å². The Kier molecular flexibility index (Phi) is 6.65. The molecule has 0 heterocycles. The number of hydrogen-bond donors (Lipinski definition) is 1. The first-order valence-electron chi connectivity index (χ1n) is 8.60. The Balaban J connectivity index is 1.69. The van der Waals surface area contributed by atoms with Crippen LogP contribution in [0, 0.1) is 6.92 Å². The fourth-order valence-corrected chi connectivity index (χ4v) is 2.69. The molecule has 0 saturated carbocycles. The Hall–Kier alpha value is -3.15. The summed E-state index contributed by atoms with van der Waals surface area (Å²) in [5, 5.41) is 4.56. The molecule has 3 rings (SSSR count). The molecule has 0 saturated heterocycles. The van der Waals surface area contributed by atoms with Gasteiger partial charge in [-0.15, -0.1) is 0 Å². The van der Waals surface area contributed by atoms with Gasteiger partial charge in [0.05, 0.1) is 21.8 Å². The second kappa shape index (κ2) is 9.37. The average molecular weight is 427 g/mol. The summed E-state index contributed by atoms with van der Waals surface area (Å²) in [4.78, 5) is 24.5. The molecule has 0 atom stereocenters. The molecular weight excluding hydrogens is 411 g/mol. The maximum atomic E-state index is 12.3. The third-order valence-corrected chi connectivity index (χ3v) is 4.70. The van der Waals surface area contributed by atoms with E-state index in [-0.39, 0.29) is 5.02 Å². The minimum absolute atomic E-state index is 0.275. The molecule has 0 radical (unpaired) electrons. The van der Waals surface area contributed by atoms with Gasteiger partial charge in [-0.25, -0.2) is 10.2 Å². The van der Waals surface area contributed by atoms with Gasteiger partial charge in [-0.1, -0.05) is 53.0 Å². The van der Waals surface area contributed by atoms with E-state index < -0.39 is 11.9 Å². The highest BCUT2D eigenvalue weighted by atomic mass is 35.5. The second-order valence-electron chi connectivity index (χ2n) is 6.12. The van der Waals surface area contributed by atoms with E-state index in [1.54, 1.807) is 36.4 Å². The van der Waals surface area contributed by atoms with Crippen molar-refractivity contribution in [1.29, 1.82) is 0 Å². The quantitative estimate of drug-likeness (QED) is 0.261. The van der Waals surface area contributed by atoms with E-state index in [4.69, 9.17) is 27.9 Å². The van der Waals surface area contributed by atoms with Crippen molar-refractivity contribution in [2.24, 2.45) is 5.10 Å². The lowest BCUT2D eigenvalue weighted by Crippen LogP contribution is -2.17. The van der Waals surface area contributed by atoms with Crippen LogP contribution in [0.3, 0.4) is 0 Å². The summed E-state index contributed by atoms with van der Waals surface area (Å²) in [5.41, 5.74) is 4.73. The molecule has 0 fully saturated rings. The molecule has 0 aliphatic heterocycles. The van der Waals surface area contributed by atoms with E-state index >= 15 is 0 Å². The number of benzene rings is 3. The summed E-state index contributed by atoms with van der Waals surface area (Å²) >= 11 is 11.8. The number of rotatable bonds is 5. The van der Waals surface area contributed by atoms with Gasteiger partial charge in [0, 0.05) is 11.1 Å². The first-order valence-corrected chi connectivity index (χ1v) is 9.36. The van der Waals surface area contributed by atoms with E-state index in [0.717, 1.165) is 5.56 Å². The number of halogens is 2. The minimum atomic E-state index is -0.481. The molecule has 0 aromatic heterocycles. The van der Waals surface area contributed by atoms with Crippen LogP contribution in [0.2, 0.25) is 10.0 Å². The van der Waals surface area contributed by atoms with Gasteiger partial charge >= 0.3 is 5.97 Å². The van der Waals surface area contributed by atoms with Crippen molar-refractivity contribution in [2.45, 2.75) is 6.92 Å². The molecule has 1 N–H and O–H groups in total. The number of esters is 1. The standard InChI is InChI=1S/C22H16Cl2N2O3/c1-14-6-8-15(9-7-14)22(28)29-20-5-3-2-4-17(20)13-25-26-21(27)16-10-11-18(23)19(24)12-16/h2-13H,1H3,(H,26,27)/b25-13-. The summed E-state index contributed by atoms with van der Waals surface area (Å²) in [6.45, 7) is 1.94. The predicted octanol–water partition coefficient (Wildman–Crippen LogP) is 5.28. The Morgan fingerprint density at radius 1 is 0.931 bits per heavy atom. The van der Waals surface area contributed by atoms with Gasteiger partial charge in [-0.3, -0.25) is 4.79 Å². The van der Waals surface area contributed by atoms with Crippen molar-refractivity contribution in [1.82, 2.24) is 5.43 Å². The zero-order valence-corrected chi connectivity index (χ0v) is 16.9. The van der Waals surface area contributed by atoms with Crippen LogP contribution >= 0.6 is 23.2 Å². The number of aryl methyl sites for hydroxylation is 1. The van der Waals surface area contributed by atoms with Gasteiger partial charge in [0.2, 0.25) is 0 Å². The van der Waals surface area contributed by atoms with E-state index in [9.17, 15) is 9.59 Å². The van der Waals surface area contributed by atoms with E-state index in [0.29, 0.717) is 27.5 Å². The van der Waals surface area contributed by atoms with Crippen molar-refractivity contribution < 1.29 is 14.3 Å². The number of hydrazone groups is 1. The zero-order chi connectivity index (χ0) is 20.8. The molecule has 0 aliphatic rings. The van der Waals surface area contributed by atoms with Crippen LogP contribution in [0.25, 0.3) is 0 Å². The largest absolute Gasteiger partial charge is 0.422 e. The van der Waals surface area contributed by atoms with Crippen LogP contribution in [0.1, 0.15) is 31.8 Å². The number of carbonyl (C=O) groups is 2. The monoisotopic (exact) mass is 426 g/mol. The Bertz CT molecular complexity index is 1080. The molecule has 3 aromatic rings. The van der Waals surface area contributed by atoms with E-state index in [2.05, 4.69) is 10.5 Å². The lowest BCUT2D eigenvalue weighted by Gasteiger charge is -2.07. The smallest absolute Gasteiger partial charge is 0.343 e. The number of carbonyl (C=O) groups excluding carboxylic acids is 2. The molecule has 5 nitrogen and oxygen atoms in total. The fraction of sp³-hybridized carbons (Fsp3) is 0.0455. The molecule has 0 bridgehead atoms. The number of hydrogen-bond acceptors (Lipinski definition) is 4. The Labute approximate surface area is 177 Å². The first kappa shape index (κ1) is 20.6. The number of amides is 1. The second-order valence-corrected chi connectivity index (χ2v) is 6.94. The van der Waals surface area contributed by atoms with Crippen molar-refractivity contribution in [2.75, 3.05) is 0 Å². The minimum Gasteiger partial charge on any atom is -0.422 e. The molecule has 0 unspecified atom stereocenters. The van der Waals surface area contributed by atoms with Crippen molar-refractivity contribution in [3.05, 3.63) is 99.0 Å². The van der Waals surface area contributed by atoms with E-state index in [1.807, 2.05) is 19.1 Å². The summed E-state index contributed by atoms with van der Waals surface area (Å²) < 4.78 is 5.47. The molecule has 29 heavy (non-hydrogen) atoms. The highest BCUT2D eigenvalue weighted by Gasteiger charge is 2.11. The molecule has 1 amide bonds. The number of nitrogens with one attached hydrogen (secondary N) is 1. The summed E-state index contributed by atoms with van der Waals surface area (Å²) in [5.74, 6) is -0.606. The number of ether oxygens (including phenoxy) is 1. The fourth-order valence-electron chi connectivity index (χ4n) is 2.39. The van der Waals surface area contributed by atoms with Crippen molar-refractivity contribution >= 4 is 41.3 Å². The zero-order valence-electron chi connectivity index (χ0n) is 15.4. The summed E-state index contributed by atoms with van der Waals surface area (Å²) in [7, 11) is 0. The lowest BCUT2D eigenvalue weighted by molar-refractivity contribution is 0.0734. The molecule has 146 valence electrons. The predicted molar refractivity (Wildman–Crippen MR) is 114 cm³/mol. The van der Waals surface area contributed by atoms with Crippen LogP contribution in [0.4, 0.5) is 0 Å². The number of para-hydroxylation sites is 1. The van der Waals surface area contributed by atoms with Crippen LogP contribution < -0.4 is 10.2 Å². The van der Waals surface area contributed by atoms with Gasteiger partial charge < -0.3 is 4.74 Å². The maximum absolute atomic E-state index is 12.3. The summed E-state index contributed by atoms with van der Waals surface area (Å²) in [6.07, 6.45) is 1.40. The molecule has 0 spiro atoms.